The number of hydrogen-bond acceptors (Lipinski definition) is 5. The van der Waals surface area contributed by atoms with E-state index in [4.69, 9.17) is 17.0 Å². The fourth-order valence-corrected chi connectivity index (χ4v) is 2.60. The number of carbonyl (C=O) groups excluding carboxylic acids is 1. The van der Waals surface area contributed by atoms with E-state index in [0.29, 0.717) is 21.9 Å². The zero-order valence-corrected chi connectivity index (χ0v) is 13.8. The molecule has 1 aromatic carbocycles. The van der Waals surface area contributed by atoms with Crippen molar-refractivity contribution in [3.63, 3.8) is 0 Å². The van der Waals surface area contributed by atoms with Crippen molar-refractivity contribution in [3.8, 4) is 0 Å². The molecule has 0 fully saturated rings. The lowest BCUT2D eigenvalue weighted by Gasteiger charge is -2.35. The van der Waals surface area contributed by atoms with Gasteiger partial charge >= 0.3 is 5.97 Å². The highest BCUT2D eigenvalue weighted by molar-refractivity contribution is 7.80. The van der Waals surface area contributed by atoms with Gasteiger partial charge in [-0.15, -0.1) is 0 Å². The predicted molar refractivity (Wildman–Crippen MR) is 88.7 cm³/mol. The predicted octanol–water partition coefficient (Wildman–Crippen LogP) is 2.29. The highest BCUT2D eigenvalue weighted by Crippen LogP contribution is 2.31. The Balaban J connectivity index is 2.46. The zero-order valence-electron chi connectivity index (χ0n) is 13.0. The van der Waals surface area contributed by atoms with Crippen molar-refractivity contribution in [1.82, 2.24) is 10.2 Å². The van der Waals surface area contributed by atoms with Gasteiger partial charge < -0.3 is 15.0 Å². The van der Waals surface area contributed by atoms with Gasteiger partial charge in [-0.2, -0.15) is 0 Å². The first kappa shape index (κ1) is 16.9. The number of allylic oxidation sites excluding steroid dienone is 1. The van der Waals surface area contributed by atoms with Crippen LogP contribution in [-0.4, -0.2) is 34.6 Å². The second-order valence-electron chi connectivity index (χ2n) is 5.01. The molecule has 8 heteroatoms. The van der Waals surface area contributed by atoms with E-state index in [1.54, 1.807) is 37.9 Å². The number of carbonyl (C=O) groups is 1. The first-order chi connectivity index (χ1) is 10.9. The quantitative estimate of drug-likeness (QED) is 0.391. The minimum Gasteiger partial charge on any atom is -0.463 e. The van der Waals surface area contributed by atoms with E-state index in [0.717, 1.165) is 0 Å². The zero-order chi connectivity index (χ0) is 17.1. The smallest absolute Gasteiger partial charge is 0.338 e. The average Bonchev–Trinajstić information content (AvgIpc) is 2.52. The van der Waals surface area contributed by atoms with Crippen LogP contribution in [0.2, 0.25) is 0 Å². The van der Waals surface area contributed by atoms with Crippen LogP contribution in [0, 0.1) is 10.1 Å². The fraction of sp³-hybridized carbons (Fsp3) is 0.333. The summed E-state index contributed by atoms with van der Waals surface area (Å²) in [7, 11) is 1.76. The Hall–Kier alpha value is -2.48. The van der Waals surface area contributed by atoms with Crippen molar-refractivity contribution >= 4 is 29.0 Å². The minimum atomic E-state index is -0.501. The summed E-state index contributed by atoms with van der Waals surface area (Å²) >= 11 is 5.27. The molecule has 1 aliphatic heterocycles. The number of thiocarbonyl (C=S) groups is 1. The summed E-state index contributed by atoms with van der Waals surface area (Å²) in [6, 6.07) is 5.51. The molecule has 1 atom stereocenters. The van der Waals surface area contributed by atoms with Crippen molar-refractivity contribution in [2.45, 2.75) is 19.9 Å². The Labute approximate surface area is 139 Å². The molecular formula is C15H17N3O4S. The number of non-ortho nitro benzene ring substituents is 1. The van der Waals surface area contributed by atoms with E-state index in [1.807, 2.05) is 0 Å². The Bertz CT molecular complexity index is 684. The highest BCUT2D eigenvalue weighted by Gasteiger charge is 2.33. The van der Waals surface area contributed by atoms with Crippen LogP contribution in [0.1, 0.15) is 25.5 Å². The fourth-order valence-electron chi connectivity index (χ4n) is 2.35. The van der Waals surface area contributed by atoms with Gasteiger partial charge in [0.1, 0.15) is 0 Å². The van der Waals surface area contributed by atoms with E-state index in [1.165, 1.54) is 12.1 Å². The number of rotatable bonds is 4. The molecule has 0 radical (unpaired) electrons. The number of nitrogens with zero attached hydrogens (tertiary/aromatic N) is 2. The molecule has 2 rings (SSSR count). The van der Waals surface area contributed by atoms with Gasteiger partial charge in [-0.25, -0.2) is 4.79 Å². The number of nitro benzene ring substituents is 1. The van der Waals surface area contributed by atoms with Crippen molar-refractivity contribution < 1.29 is 14.5 Å². The Morgan fingerprint density at radius 1 is 1.43 bits per heavy atom. The Kier molecular flexibility index (Phi) is 4.95. The number of esters is 1. The van der Waals surface area contributed by atoms with Crippen LogP contribution < -0.4 is 5.32 Å². The van der Waals surface area contributed by atoms with Gasteiger partial charge in [-0.05, 0) is 43.8 Å². The monoisotopic (exact) mass is 335 g/mol. The summed E-state index contributed by atoms with van der Waals surface area (Å²) in [5, 5.41) is 14.3. The molecule has 1 aliphatic rings. The summed E-state index contributed by atoms with van der Waals surface area (Å²) in [6.07, 6.45) is 0. The number of ether oxygens (including phenoxy) is 1. The maximum Gasteiger partial charge on any atom is 0.338 e. The first-order valence-corrected chi connectivity index (χ1v) is 7.44. The van der Waals surface area contributed by atoms with Crippen molar-refractivity contribution in [3.05, 3.63) is 51.2 Å². The third-order valence-electron chi connectivity index (χ3n) is 3.69. The van der Waals surface area contributed by atoms with E-state index in [2.05, 4.69) is 5.32 Å². The molecule has 0 saturated heterocycles. The molecular weight excluding hydrogens is 318 g/mol. The van der Waals surface area contributed by atoms with Crippen LogP contribution >= 0.6 is 12.2 Å². The van der Waals surface area contributed by atoms with Gasteiger partial charge in [-0.1, -0.05) is 0 Å². The molecule has 0 spiro atoms. The molecule has 0 bridgehead atoms. The lowest BCUT2D eigenvalue weighted by atomic mass is 9.95. The van der Waals surface area contributed by atoms with Crippen molar-refractivity contribution in [2.24, 2.45) is 0 Å². The lowest BCUT2D eigenvalue weighted by Crippen LogP contribution is -2.46. The SMILES string of the molecule is CCOC(=O)C1=C(C)N(C)C(=S)N[C@@H]1c1ccc([N+](=O)[O-])cc1. The van der Waals surface area contributed by atoms with Crippen molar-refractivity contribution in [1.29, 1.82) is 0 Å². The van der Waals surface area contributed by atoms with Gasteiger partial charge in [-0.3, -0.25) is 10.1 Å². The molecule has 1 aromatic rings. The van der Waals surface area contributed by atoms with E-state index >= 15 is 0 Å². The third-order valence-corrected chi connectivity index (χ3v) is 4.08. The number of nitrogens with one attached hydrogen (secondary N) is 1. The van der Waals surface area contributed by atoms with Crippen LogP contribution in [0.15, 0.2) is 35.5 Å². The van der Waals surface area contributed by atoms with Crippen LogP contribution in [0.3, 0.4) is 0 Å². The van der Waals surface area contributed by atoms with Crippen LogP contribution in [0.25, 0.3) is 0 Å². The molecule has 122 valence electrons. The van der Waals surface area contributed by atoms with Gasteiger partial charge in [0, 0.05) is 24.9 Å². The summed E-state index contributed by atoms with van der Waals surface area (Å²) in [6.45, 7) is 3.79. The van der Waals surface area contributed by atoms with Crippen LogP contribution in [0.5, 0.6) is 0 Å². The topological polar surface area (TPSA) is 84.7 Å². The average molecular weight is 335 g/mol. The van der Waals surface area contributed by atoms with Gasteiger partial charge in [0.2, 0.25) is 0 Å². The van der Waals surface area contributed by atoms with Gasteiger partial charge in [0.05, 0.1) is 23.1 Å². The maximum atomic E-state index is 12.3. The van der Waals surface area contributed by atoms with Crippen LogP contribution in [-0.2, 0) is 9.53 Å². The number of benzene rings is 1. The van der Waals surface area contributed by atoms with Crippen LogP contribution in [0.4, 0.5) is 5.69 Å². The standard InChI is InChI=1S/C15H17N3O4S/c1-4-22-14(19)12-9(2)17(3)15(23)16-13(12)10-5-7-11(8-6-10)18(20)21/h5-8,13H,4H2,1-3H3,(H,16,23)/t13-/m1/s1. The number of hydrogen-bond donors (Lipinski definition) is 1. The minimum absolute atomic E-state index is 0.0114. The molecule has 7 nitrogen and oxygen atoms in total. The van der Waals surface area contributed by atoms with E-state index in [9.17, 15) is 14.9 Å². The summed E-state index contributed by atoms with van der Waals surface area (Å²) in [4.78, 5) is 24.3. The molecule has 0 aromatic heterocycles. The normalized spacial score (nSPS) is 17.8. The molecule has 0 amide bonds. The Morgan fingerprint density at radius 3 is 2.57 bits per heavy atom. The van der Waals surface area contributed by atoms with E-state index in [-0.39, 0.29) is 12.3 Å². The molecule has 0 aliphatic carbocycles. The van der Waals surface area contributed by atoms with Gasteiger partial charge in [0.25, 0.3) is 5.69 Å². The maximum absolute atomic E-state index is 12.3. The highest BCUT2D eigenvalue weighted by atomic mass is 32.1. The molecule has 1 N–H and O–H groups in total. The first-order valence-electron chi connectivity index (χ1n) is 7.03. The summed E-state index contributed by atoms with van der Waals surface area (Å²) in [5.74, 6) is -0.435. The van der Waals surface area contributed by atoms with Gasteiger partial charge in [0.15, 0.2) is 5.11 Å². The molecule has 1 heterocycles. The van der Waals surface area contributed by atoms with E-state index < -0.39 is 16.9 Å². The second kappa shape index (κ2) is 6.74. The third kappa shape index (κ3) is 3.31. The second-order valence-corrected chi connectivity index (χ2v) is 5.40. The van der Waals surface area contributed by atoms with Crippen molar-refractivity contribution in [2.75, 3.05) is 13.7 Å². The molecule has 0 saturated carbocycles. The number of nitro groups is 1. The largest absolute Gasteiger partial charge is 0.463 e. The Morgan fingerprint density at radius 2 is 2.04 bits per heavy atom. The summed E-state index contributed by atoms with van der Waals surface area (Å²) in [5.41, 5.74) is 1.82. The summed E-state index contributed by atoms with van der Waals surface area (Å²) < 4.78 is 5.13. The molecule has 23 heavy (non-hydrogen) atoms. The lowest BCUT2D eigenvalue weighted by molar-refractivity contribution is -0.384. The molecule has 0 unspecified atom stereocenters.